The van der Waals surface area contributed by atoms with Crippen LogP contribution >= 0.6 is 15.9 Å². The van der Waals surface area contributed by atoms with Gasteiger partial charge in [-0.05, 0) is 33.6 Å². The molecule has 1 aromatic rings. The highest BCUT2D eigenvalue weighted by molar-refractivity contribution is 9.10. The summed E-state index contributed by atoms with van der Waals surface area (Å²) in [6.07, 6.45) is -1.38. The molecule has 2 atom stereocenters. The zero-order chi connectivity index (χ0) is 11.7. The van der Waals surface area contributed by atoms with E-state index in [0.717, 1.165) is 15.7 Å². The predicted molar refractivity (Wildman–Crippen MR) is 64.3 cm³/mol. The molecule has 0 aromatic heterocycles. The first kappa shape index (κ1) is 11.9. The maximum absolute atomic E-state index is 9.47. The van der Waals surface area contributed by atoms with Crippen LogP contribution in [0.15, 0.2) is 22.7 Å². The zero-order valence-electron chi connectivity index (χ0n) is 8.67. The van der Waals surface area contributed by atoms with Crippen molar-refractivity contribution >= 4 is 21.6 Å². The second kappa shape index (κ2) is 4.71. The van der Waals surface area contributed by atoms with Crippen molar-refractivity contribution in [1.29, 1.82) is 0 Å². The van der Waals surface area contributed by atoms with Gasteiger partial charge in [-0.1, -0.05) is 6.07 Å². The summed E-state index contributed by atoms with van der Waals surface area (Å²) >= 11 is 3.42. The molecule has 0 bridgehead atoms. The molecule has 3 N–H and O–H groups in total. The molecule has 1 fully saturated rings. The molecular weight excluding hydrogens is 274 g/mol. The Kier molecular flexibility index (Phi) is 3.49. The number of rotatable bonds is 2. The molecule has 1 aliphatic rings. The molecule has 0 saturated carbocycles. The van der Waals surface area contributed by atoms with E-state index in [1.165, 1.54) is 0 Å². The minimum atomic E-state index is -0.690. The number of hydrogen-bond acceptors (Lipinski definition) is 4. The van der Waals surface area contributed by atoms with Crippen LogP contribution in [0.4, 0.5) is 5.69 Å². The topological polar surface area (TPSA) is 63.9 Å². The van der Waals surface area contributed by atoms with Crippen LogP contribution in [0.1, 0.15) is 5.56 Å². The van der Waals surface area contributed by atoms with Crippen LogP contribution in [-0.4, -0.2) is 40.6 Å². The Morgan fingerprint density at radius 2 is 1.88 bits per heavy atom. The lowest BCUT2D eigenvalue weighted by Gasteiger charge is -2.19. The van der Waals surface area contributed by atoms with Gasteiger partial charge in [-0.25, -0.2) is 0 Å². The van der Waals surface area contributed by atoms with Gasteiger partial charge in [-0.2, -0.15) is 0 Å². The molecule has 1 heterocycles. The van der Waals surface area contributed by atoms with Crippen molar-refractivity contribution in [3.63, 3.8) is 0 Å². The predicted octanol–water partition coefficient (Wildman–Crippen LogP) is 0.483. The van der Waals surface area contributed by atoms with Crippen molar-refractivity contribution in [2.45, 2.75) is 18.8 Å². The highest BCUT2D eigenvalue weighted by atomic mass is 79.9. The second-order valence-electron chi connectivity index (χ2n) is 3.98. The van der Waals surface area contributed by atoms with Gasteiger partial charge in [-0.3, -0.25) is 0 Å². The molecule has 2 rings (SSSR count). The van der Waals surface area contributed by atoms with E-state index in [4.69, 9.17) is 5.11 Å². The molecule has 2 unspecified atom stereocenters. The first-order valence-electron chi connectivity index (χ1n) is 5.12. The van der Waals surface area contributed by atoms with E-state index in [1.54, 1.807) is 0 Å². The second-order valence-corrected chi connectivity index (χ2v) is 4.84. The average Bonchev–Trinajstić information content (AvgIpc) is 2.58. The summed E-state index contributed by atoms with van der Waals surface area (Å²) < 4.78 is 0.861. The Hall–Kier alpha value is -0.620. The molecule has 0 spiro atoms. The van der Waals surface area contributed by atoms with Crippen molar-refractivity contribution in [2.75, 3.05) is 18.0 Å². The molecule has 0 amide bonds. The fourth-order valence-electron chi connectivity index (χ4n) is 1.87. The zero-order valence-corrected chi connectivity index (χ0v) is 10.3. The summed E-state index contributed by atoms with van der Waals surface area (Å²) in [5, 5.41) is 27.9. The standard InChI is InChI=1S/C11H14BrNO3/c12-8-3-7(6-14)1-2-9(8)13-4-10(15)11(16)5-13/h1-3,10-11,14-16H,4-6H2. The molecule has 1 aliphatic heterocycles. The maximum Gasteiger partial charge on any atom is 0.0990 e. The Morgan fingerprint density at radius 1 is 1.25 bits per heavy atom. The van der Waals surface area contributed by atoms with Crippen molar-refractivity contribution in [3.05, 3.63) is 28.2 Å². The van der Waals surface area contributed by atoms with Crippen LogP contribution < -0.4 is 4.90 Å². The van der Waals surface area contributed by atoms with E-state index < -0.39 is 12.2 Å². The monoisotopic (exact) mass is 287 g/mol. The van der Waals surface area contributed by atoms with E-state index in [-0.39, 0.29) is 6.61 Å². The highest BCUT2D eigenvalue weighted by Gasteiger charge is 2.30. The van der Waals surface area contributed by atoms with E-state index in [9.17, 15) is 10.2 Å². The lowest BCUT2D eigenvalue weighted by Crippen LogP contribution is -2.22. The Balaban J connectivity index is 2.22. The van der Waals surface area contributed by atoms with E-state index in [1.807, 2.05) is 23.1 Å². The van der Waals surface area contributed by atoms with Gasteiger partial charge in [0.2, 0.25) is 0 Å². The Bertz CT molecular complexity index is 375. The van der Waals surface area contributed by atoms with Gasteiger partial charge in [0.1, 0.15) is 0 Å². The van der Waals surface area contributed by atoms with Gasteiger partial charge >= 0.3 is 0 Å². The minimum Gasteiger partial charge on any atom is -0.392 e. The van der Waals surface area contributed by atoms with Crippen molar-refractivity contribution in [1.82, 2.24) is 0 Å². The number of aliphatic hydroxyl groups excluding tert-OH is 3. The summed E-state index contributed by atoms with van der Waals surface area (Å²) in [5.74, 6) is 0. The number of hydrogen-bond donors (Lipinski definition) is 3. The lowest BCUT2D eigenvalue weighted by molar-refractivity contribution is 0.0572. The summed E-state index contributed by atoms with van der Waals surface area (Å²) in [6.45, 7) is 0.862. The van der Waals surface area contributed by atoms with Gasteiger partial charge in [0, 0.05) is 17.6 Å². The molecule has 0 aliphatic carbocycles. The highest BCUT2D eigenvalue weighted by Crippen LogP contribution is 2.30. The largest absolute Gasteiger partial charge is 0.392 e. The fourth-order valence-corrected chi connectivity index (χ4v) is 2.55. The minimum absolute atomic E-state index is 0.00410. The summed E-state index contributed by atoms with van der Waals surface area (Å²) in [5.41, 5.74) is 1.75. The molecule has 5 heteroatoms. The summed E-state index contributed by atoms with van der Waals surface area (Å²) in [7, 11) is 0. The van der Waals surface area contributed by atoms with Crippen LogP contribution in [0, 0.1) is 0 Å². The van der Waals surface area contributed by atoms with Crippen LogP contribution in [0.2, 0.25) is 0 Å². The molecule has 1 saturated heterocycles. The number of nitrogens with zero attached hydrogens (tertiary/aromatic N) is 1. The molecule has 16 heavy (non-hydrogen) atoms. The van der Waals surface area contributed by atoms with Crippen molar-refractivity contribution in [2.24, 2.45) is 0 Å². The van der Waals surface area contributed by atoms with Crippen LogP contribution in [0.3, 0.4) is 0 Å². The van der Waals surface area contributed by atoms with Gasteiger partial charge in [0.05, 0.1) is 24.5 Å². The van der Waals surface area contributed by atoms with E-state index in [0.29, 0.717) is 13.1 Å². The van der Waals surface area contributed by atoms with E-state index >= 15 is 0 Å². The molecular formula is C11H14BrNO3. The van der Waals surface area contributed by atoms with Gasteiger partial charge in [0.25, 0.3) is 0 Å². The molecule has 88 valence electrons. The van der Waals surface area contributed by atoms with Gasteiger partial charge in [0.15, 0.2) is 0 Å². The van der Waals surface area contributed by atoms with Crippen LogP contribution in [0.25, 0.3) is 0 Å². The van der Waals surface area contributed by atoms with Gasteiger partial charge < -0.3 is 20.2 Å². The number of β-amino-alcohol motifs (C(OH)–C–C–N with tert-alkyl or cyclic N) is 2. The third-order valence-electron chi connectivity index (χ3n) is 2.79. The van der Waals surface area contributed by atoms with Crippen molar-refractivity contribution in [3.8, 4) is 0 Å². The van der Waals surface area contributed by atoms with Crippen LogP contribution in [0.5, 0.6) is 0 Å². The van der Waals surface area contributed by atoms with E-state index in [2.05, 4.69) is 15.9 Å². The lowest BCUT2D eigenvalue weighted by atomic mass is 10.2. The quantitative estimate of drug-likeness (QED) is 0.741. The SMILES string of the molecule is OCc1ccc(N2CC(O)C(O)C2)c(Br)c1. The maximum atomic E-state index is 9.47. The third kappa shape index (κ3) is 2.22. The Labute approximate surface area is 102 Å². The number of aliphatic hydroxyl groups is 3. The number of halogens is 1. The van der Waals surface area contributed by atoms with Gasteiger partial charge in [-0.15, -0.1) is 0 Å². The normalized spacial score (nSPS) is 25.1. The van der Waals surface area contributed by atoms with Crippen molar-refractivity contribution < 1.29 is 15.3 Å². The molecule has 1 aromatic carbocycles. The average molecular weight is 288 g/mol. The summed E-state index contributed by atoms with van der Waals surface area (Å²) in [4.78, 5) is 1.92. The number of anilines is 1. The number of benzene rings is 1. The molecule has 0 radical (unpaired) electrons. The Morgan fingerprint density at radius 3 is 2.38 bits per heavy atom. The first-order valence-corrected chi connectivity index (χ1v) is 5.91. The first-order chi connectivity index (χ1) is 7.61. The third-order valence-corrected chi connectivity index (χ3v) is 3.43. The fraction of sp³-hybridized carbons (Fsp3) is 0.455. The smallest absolute Gasteiger partial charge is 0.0990 e. The molecule has 4 nitrogen and oxygen atoms in total. The summed E-state index contributed by atoms with van der Waals surface area (Å²) in [6, 6.07) is 5.55. The van der Waals surface area contributed by atoms with Crippen LogP contribution in [-0.2, 0) is 6.61 Å².